The number of hydrogen-bond donors (Lipinski definition) is 7. The molecule has 1 heterocycles. The fraction of sp³-hybridized carbons (Fsp3) is 0.500. The highest BCUT2D eigenvalue weighted by Crippen LogP contribution is 2.18. The molecule has 0 radical (unpaired) electrons. The smallest absolute Gasteiger partial charge is 0.326 e. The molecule has 192 valence electrons. The number of nitrogens with one attached hydrogen (secondary N) is 2. The zero-order valence-electron chi connectivity index (χ0n) is 19.5. The minimum atomic E-state index is -1.23. The van der Waals surface area contributed by atoms with Gasteiger partial charge in [-0.2, -0.15) is 0 Å². The normalized spacial score (nSPS) is 16.7. The van der Waals surface area contributed by atoms with Crippen LogP contribution in [-0.4, -0.2) is 77.4 Å². The Balaban J connectivity index is 2.12. The largest absolute Gasteiger partial charge is 0.480 e. The van der Waals surface area contributed by atoms with Gasteiger partial charge in [0.1, 0.15) is 18.1 Å². The third kappa shape index (κ3) is 8.45. The molecule has 0 unspecified atom stereocenters. The summed E-state index contributed by atoms with van der Waals surface area (Å²) >= 11 is 0. The Morgan fingerprint density at radius 1 is 1.11 bits per heavy atom. The molecule has 0 bridgehead atoms. The maximum absolute atomic E-state index is 13.1. The van der Waals surface area contributed by atoms with E-state index in [9.17, 15) is 24.3 Å². The Labute approximate surface area is 203 Å². The second-order valence-electron chi connectivity index (χ2n) is 8.30. The molecule has 1 saturated heterocycles. The number of amides is 3. The lowest BCUT2D eigenvalue weighted by Gasteiger charge is -2.26. The van der Waals surface area contributed by atoms with Crippen molar-refractivity contribution < 1.29 is 24.3 Å². The summed E-state index contributed by atoms with van der Waals surface area (Å²) in [6.45, 7) is 0.396. The van der Waals surface area contributed by atoms with Crippen molar-refractivity contribution in [2.45, 2.75) is 50.2 Å². The van der Waals surface area contributed by atoms with Gasteiger partial charge in [0.2, 0.25) is 17.7 Å². The van der Waals surface area contributed by atoms with E-state index in [2.05, 4.69) is 15.6 Å². The molecule has 3 atom stereocenters. The maximum atomic E-state index is 13.1. The van der Waals surface area contributed by atoms with E-state index < -0.39 is 35.9 Å². The van der Waals surface area contributed by atoms with Gasteiger partial charge in [-0.15, -0.1) is 0 Å². The Hall–Kier alpha value is -3.87. The highest BCUT2D eigenvalue weighted by atomic mass is 16.4. The number of nitrogens with two attached hydrogens (primary N) is 4. The monoisotopic (exact) mass is 490 g/mol. The van der Waals surface area contributed by atoms with Crippen LogP contribution in [0, 0.1) is 0 Å². The third-order valence-corrected chi connectivity index (χ3v) is 5.66. The van der Waals surface area contributed by atoms with E-state index >= 15 is 0 Å². The van der Waals surface area contributed by atoms with E-state index in [4.69, 9.17) is 22.9 Å². The van der Waals surface area contributed by atoms with Crippen molar-refractivity contribution in [1.29, 1.82) is 0 Å². The number of carboxylic acid groups (broad SMARTS) is 1. The van der Waals surface area contributed by atoms with Gasteiger partial charge >= 0.3 is 5.97 Å². The van der Waals surface area contributed by atoms with Crippen LogP contribution in [-0.2, 0) is 25.6 Å². The molecule has 13 heteroatoms. The molecule has 0 aliphatic carbocycles. The predicted octanol–water partition coefficient (Wildman–Crippen LogP) is -2.13. The summed E-state index contributed by atoms with van der Waals surface area (Å²) in [4.78, 5) is 55.2. The summed E-state index contributed by atoms with van der Waals surface area (Å²) in [6, 6.07) is 3.59. The zero-order chi connectivity index (χ0) is 26.0. The molecule has 1 aliphatic heterocycles. The molecule has 1 aromatic rings. The Morgan fingerprint density at radius 3 is 2.40 bits per heavy atom. The highest BCUT2D eigenvalue weighted by molar-refractivity contribution is 5.94. The summed E-state index contributed by atoms with van der Waals surface area (Å²) in [5, 5.41) is 14.8. The standard InChI is InChI=1S/C22H34N8O5/c23-12-18(31)30-10-2-4-17(30)20(33)28-15(3-1-9-27-22(25)26)19(32)29-16(21(34)35)11-13-5-7-14(24)8-6-13/h5-8,15-17H,1-4,9-12,23-24H2,(H,28,33)(H,29,32)(H,34,35)(H4,25,26,27)/t15-,16-,17-/m0/s1. The molecule has 2 rings (SSSR count). The number of hydrogen-bond acceptors (Lipinski definition) is 7. The fourth-order valence-corrected chi connectivity index (χ4v) is 3.86. The van der Waals surface area contributed by atoms with Crippen LogP contribution in [0.15, 0.2) is 29.3 Å². The van der Waals surface area contributed by atoms with Crippen molar-refractivity contribution >= 4 is 35.3 Å². The van der Waals surface area contributed by atoms with Gasteiger partial charge in [0.05, 0.1) is 6.54 Å². The van der Waals surface area contributed by atoms with Crippen molar-refractivity contribution in [2.24, 2.45) is 22.2 Å². The van der Waals surface area contributed by atoms with E-state index in [0.29, 0.717) is 37.1 Å². The summed E-state index contributed by atoms with van der Waals surface area (Å²) in [5.41, 5.74) is 23.0. The minimum absolute atomic E-state index is 0.0252. The van der Waals surface area contributed by atoms with Gasteiger partial charge in [-0.1, -0.05) is 12.1 Å². The number of likely N-dealkylation sites (tertiary alicyclic amines) is 1. The van der Waals surface area contributed by atoms with Crippen LogP contribution in [0.1, 0.15) is 31.2 Å². The number of carboxylic acids is 1. The first-order valence-corrected chi connectivity index (χ1v) is 11.3. The van der Waals surface area contributed by atoms with Gasteiger partial charge in [-0.05, 0) is 43.4 Å². The van der Waals surface area contributed by atoms with Crippen LogP contribution in [0.4, 0.5) is 5.69 Å². The first-order chi connectivity index (χ1) is 16.6. The number of nitrogens with zero attached hydrogens (tertiary/aromatic N) is 2. The van der Waals surface area contributed by atoms with Crippen LogP contribution < -0.4 is 33.6 Å². The van der Waals surface area contributed by atoms with Crippen LogP contribution in [0.25, 0.3) is 0 Å². The van der Waals surface area contributed by atoms with Crippen molar-refractivity contribution in [3.8, 4) is 0 Å². The SMILES string of the molecule is NCC(=O)N1CCC[C@H]1C(=O)N[C@@H](CCCN=C(N)N)C(=O)N[C@@H](Cc1ccc(N)cc1)C(=O)O. The highest BCUT2D eigenvalue weighted by Gasteiger charge is 2.35. The molecule has 3 amide bonds. The van der Waals surface area contributed by atoms with Crippen molar-refractivity contribution in [2.75, 3.05) is 25.4 Å². The molecular weight excluding hydrogens is 456 g/mol. The number of nitrogen functional groups attached to an aromatic ring is 1. The first kappa shape index (κ1) is 27.4. The molecule has 13 nitrogen and oxygen atoms in total. The summed E-state index contributed by atoms with van der Waals surface area (Å²) in [5.74, 6) is -2.86. The molecule has 35 heavy (non-hydrogen) atoms. The van der Waals surface area contributed by atoms with E-state index in [1.165, 1.54) is 4.90 Å². The number of anilines is 1. The molecule has 1 fully saturated rings. The Bertz CT molecular complexity index is 932. The van der Waals surface area contributed by atoms with Gasteiger partial charge in [-0.3, -0.25) is 19.4 Å². The summed E-state index contributed by atoms with van der Waals surface area (Å²) < 4.78 is 0. The van der Waals surface area contributed by atoms with Crippen LogP contribution in [0.3, 0.4) is 0 Å². The van der Waals surface area contributed by atoms with Crippen LogP contribution in [0.5, 0.6) is 0 Å². The predicted molar refractivity (Wildman–Crippen MR) is 130 cm³/mol. The molecule has 11 N–H and O–H groups in total. The number of aliphatic carboxylic acids is 1. The van der Waals surface area contributed by atoms with E-state index in [1.54, 1.807) is 24.3 Å². The Kier molecular flexibility index (Phi) is 10.3. The number of aliphatic imine (C=N–C) groups is 1. The molecule has 0 saturated carbocycles. The summed E-state index contributed by atoms with van der Waals surface area (Å²) in [6.07, 6.45) is 1.60. The Morgan fingerprint density at radius 2 is 1.80 bits per heavy atom. The quantitative estimate of drug-likeness (QED) is 0.0732. The summed E-state index contributed by atoms with van der Waals surface area (Å²) in [7, 11) is 0. The van der Waals surface area contributed by atoms with Crippen LogP contribution in [0.2, 0.25) is 0 Å². The van der Waals surface area contributed by atoms with Crippen molar-refractivity contribution in [1.82, 2.24) is 15.5 Å². The molecular formula is C22H34N8O5. The number of benzene rings is 1. The molecule has 1 aliphatic rings. The van der Waals surface area contributed by atoms with E-state index in [1.807, 2.05) is 0 Å². The maximum Gasteiger partial charge on any atom is 0.326 e. The lowest BCUT2D eigenvalue weighted by atomic mass is 10.0. The number of carbonyl (C=O) groups excluding carboxylic acids is 3. The average molecular weight is 491 g/mol. The van der Waals surface area contributed by atoms with Gasteiger partial charge in [0, 0.05) is 25.2 Å². The van der Waals surface area contributed by atoms with Crippen LogP contribution >= 0.6 is 0 Å². The van der Waals surface area contributed by atoms with E-state index in [-0.39, 0.29) is 37.8 Å². The lowest BCUT2D eigenvalue weighted by molar-refractivity contribution is -0.142. The minimum Gasteiger partial charge on any atom is -0.480 e. The first-order valence-electron chi connectivity index (χ1n) is 11.3. The van der Waals surface area contributed by atoms with Gasteiger partial charge in [0.25, 0.3) is 0 Å². The van der Waals surface area contributed by atoms with Gasteiger partial charge < -0.3 is 43.6 Å². The zero-order valence-corrected chi connectivity index (χ0v) is 19.5. The average Bonchev–Trinajstić information content (AvgIpc) is 3.31. The lowest BCUT2D eigenvalue weighted by Crippen LogP contribution is -2.56. The molecule has 0 spiro atoms. The second-order valence-corrected chi connectivity index (χ2v) is 8.30. The molecule has 0 aromatic heterocycles. The third-order valence-electron chi connectivity index (χ3n) is 5.66. The molecule has 1 aromatic carbocycles. The number of guanidine groups is 1. The number of carbonyl (C=O) groups is 4. The van der Waals surface area contributed by atoms with Crippen molar-refractivity contribution in [3.63, 3.8) is 0 Å². The fourth-order valence-electron chi connectivity index (χ4n) is 3.86. The second kappa shape index (κ2) is 13.1. The number of rotatable bonds is 12. The van der Waals surface area contributed by atoms with Gasteiger partial charge in [-0.25, -0.2) is 4.79 Å². The van der Waals surface area contributed by atoms with Gasteiger partial charge in [0.15, 0.2) is 5.96 Å². The topological polar surface area (TPSA) is 232 Å². The van der Waals surface area contributed by atoms with Crippen molar-refractivity contribution in [3.05, 3.63) is 29.8 Å². The van der Waals surface area contributed by atoms with E-state index in [0.717, 1.165) is 0 Å².